The van der Waals surface area contributed by atoms with Crippen molar-refractivity contribution in [2.24, 2.45) is 0 Å². The summed E-state index contributed by atoms with van der Waals surface area (Å²) in [4.78, 5) is 16.1. The van der Waals surface area contributed by atoms with Crippen molar-refractivity contribution in [3.63, 3.8) is 0 Å². The molecule has 0 aliphatic rings. The fourth-order valence-corrected chi connectivity index (χ4v) is 0.996. The molecule has 0 aromatic carbocycles. The Hall–Kier alpha value is -1.59. The quantitative estimate of drug-likeness (QED) is 0.705. The first-order valence-corrected chi connectivity index (χ1v) is 4.09. The second-order valence-electron chi connectivity index (χ2n) is 2.46. The van der Waals surface area contributed by atoms with E-state index in [0.29, 0.717) is 5.95 Å². The first kappa shape index (κ1) is 9.50. The van der Waals surface area contributed by atoms with E-state index in [0.717, 1.165) is 13.1 Å². The van der Waals surface area contributed by atoms with Gasteiger partial charge in [0.05, 0.1) is 0 Å². The molecule has 72 valence electrons. The van der Waals surface area contributed by atoms with E-state index in [-0.39, 0.29) is 5.82 Å². The number of aromatic carboxylic acids is 1. The predicted molar refractivity (Wildman–Crippen MR) is 46.9 cm³/mol. The fourth-order valence-electron chi connectivity index (χ4n) is 0.996. The molecule has 0 atom stereocenters. The summed E-state index contributed by atoms with van der Waals surface area (Å²) in [5.74, 6) is -0.782. The summed E-state index contributed by atoms with van der Waals surface area (Å²) in [6.07, 6.45) is 0. The molecule has 0 fully saturated rings. The first-order valence-electron chi connectivity index (χ1n) is 4.09. The van der Waals surface area contributed by atoms with Crippen molar-refractivity contribution in [2.45, 2.75) is 13.8 Å². The Bertz CT molecular complexity index is 292. The third-order valence-electron chi connectivity index (χ3n) is 1.72. The van der Waals surface area contributed by atoms with E-state index in [1.807, 2.05) is 18.7 Å². The molecule has 1 aromatic heterocycles. The highest BCUT2D eigenvalue weighted by atomic mass is 16.4. The minimum atomic E-state index is -1.09. The summed E-state index contributed by atoms with van der Waals surface area (Å²) in [7, 11) is 0. The van der Waals surface area contributed by atoms with Gasteiger partial charge in [0.15, 0.2) is 0 Å². The highest BCUT2D eigenvalue weighted by Crippen LogP contribution is 2.05. The van der Waals surface area contributed by atoms with Gasteiger partial charge < -0.3 is 10.0 Å². The fraction of sp³-hybridized carbons (Fsp3) is 0.571. The highest BCUT2D eigenvalue weighted by Gasteiger charge is 2.12. The number of aromatic amines is 1. The standard InChI is InChI=1S/C7H12N4O2/c1-3-11(4-2)7-8-5(6(12)13)9-10-7/h3-4H2,1-2H3,(H,12,13)(H,8,9,10). The number of aromatic nitrogens is 3. The molecule has 0 bridgehead atoms. The lowest BCUT2D eigenvalue weighted by Crippen LogP contribution is -2.23. The number of carboxylic acid groups (broad SMARTS) is 1. The summed E-state index contributed by atoms with van der Waals surface area (Å²) in [6, 6.07) is 0. The Labute approximate surface area is 75.6 Å². The molecule has 1 aromatic rings. The highest BCUT2D eigenvalue weighted by molar-refractivity contribution is 5.83. The lowest BCUT2D eigenvalue weighted by Gasteiger charge is -2.14. The molecule has 0 saturated heterocycles. The van der Waals surface area contributed by atoms with Crippen LogP contribution in [-0.2, 0) is 0 Å². The number of carbonyl (C=O) groups is 1. The molecular formula is C7H12N4O2. The lowest BCUT2D eigenvalue weighted by atomic mass is 10.5. The van der Waals surface area contributed by atoms with Crippen molar-refractivity contribution in [1.29, 1.82) is 0 Å². The average molecular weight is 184 g/mol. The summed E-state index contributed by atoms with van der Waals surface area (Å²) in [5, 5.41) is 14.7. The van der Waals surface area contributed by atoms with Gasteiger partial charge in [-0.1, -0.05) is 0 Å². The molecule has 2 N–H and O–H groups in total. The molecule has 0 radical (unpaired) electrons. The first-order chi connectivity index (χ1) is 6.19. The Morgan fingerprint density at radius 2 is 2.15 bits per heavy atom. The van der Waals surface area contributed by atoms with E-state index in [2.05, 4.69) is 15.2 Å². The van der Waals surface area contributed by atoms with E-state index in [1.165, 1.54) is 0 Å². The molecule has 1 rings (SSSR count). The zero-order valence-corrected chi connectivity index (χ0v) is 7.61. The molecule has 0 aliphatic heterocycles. The van der Waals surface area contributed by atoms with Crippen molar-refractivity contribution in [3.8, 4) is 0 Å². The van der Waals surface area contributed by atoms with Crippen LogP contribution in [0.25, 0.3) is 0 Å². The van der Waals surface area contributed by atoms with Gasteiger partial charge in [0.2, 0.25) is 11.8 Å². The number of nitrogens with zero attached hydrogens (tertiary/aromatic N) is 3. The topological polar surface area (TPSA) is 82.1 Å². The normalized spacial score (nSPS) is 10.0. The number of anilines is 1. The Morgan fingerprint density at radius 3 is 2.54 bits per heavy atom. The van der Waals surface area contributed by atoms with Crippen LogP contribution in [0.15, 0.2) is 0 Å². The Morgan fingerprint density at radius 1 is 1.54 bits per heavy atom. The van der Waals surface area contributed by atoms with Crippen molar-refractivity contribution in [2.75, 3.05) is 18.0 Å². The molecule has 6 heteroatoms. The van der Waals surface area contributed by atoms with Crippen LogP contribution in [0.4, 0.5) is 5.95 Å². The molecule has 0 aliphatic carbocycles. The molecule has 0 amide bonds. The van der Waals surface area contributed by atoms with E-state index < -0.39 is 5.97 Å². The van der Waals surface area contributed by atoms with Crippen LogP contribution < -0.4 is 4.90 Å². The van der Waals surface area contributed by atoms with Gasteiger partial charge in [-0.05, 0) is 13.8 Å². The van der Waals surface area contributed by atoms with Gasteiger partial charge in [0.1, 0.15) is 0 Å². The number of rotatable bonds is 4. The second-order valence-corrected chi connectivity index (χ2v) is 2.46. The molecule has 6 nitrogen and oxygen atoms in total. The SMILES string of the molecule is CCN(CC)c1n[nH]c(C(=O)O)n1. The van der Waals surface area contributed by atoms with E-state index in [1.54, 1.807) is 0 Å². The number of H-pyrrole nitrogens is 1. The zero-order valence-electron chi connectivity index (χ0n) is 7.61. The van der Waals surface area contributed by atoms with Gasteiger partial charge >= 0.3 is 5.97 Å². The molecule has 0 saturated carbocycles. The maximum absolute atomic E-state index is 10.5. The molecular weight excluding hydrogens is 172 g/mol. The lowest BCUT2D eigenvalue weighted by molar-refractivity contribution is 0.0684. The zero-order chi connectivity index (χ0) is 9.84. The predicted octanol–water partition coefficient (Wildman–Crippen LogP) is 0.349. The Kier molecular flexibility index (Phi) is 2.84. The maximum Gasteiger partial charge on any atom is 0.373 e. The van der Waals surface area contributed by atoms with Gasteiger partial charge in [-0.25, -0.2) is 4.79 Å². The number of hydrogen-bond donors (Lipinski definition) is 2. The largest absolute Gasteiger partial charge is 0.475 e. The third kappa shape index (κ3) is 1.95. The molecule has 0 spiro atoms. The number of hydrogen-bond acceptors (Lipinski definition) is 4. The van der Waals surface area contributed by atoms with Gasteiger partial charge in [-0.3, -0.25) is 5.10 Å². The van der Waals surface area contributed by atoms with Crippen LogP contribution in [0.2, 0.25) is 0 Å². The second kappa shape index (κ2) is 3.88. The number of carboxylic acids is 1. The summed E-state index contributed by atoms with van der Waals surface area (Å²) in [5.41, 5.74) is 0. The Balaban J connectivity index is 2.84. The van der Waals surface area contributed by atoms with Gasteiger partial charge in [-0.2, -0.15) is 4.98 Å². The molecule has 13 heavy (non-hydrogen) atoms. The van der Waals surface area contributed by atoms with Crippen molar-refractivity contribution < 1.29 is 9.90 Å². The minimum absolute atomic E-state index is 0.123. The monoisotopic (exact) mass is 184 g/mol. The van der Waals surface area contributed by atoms with Crippen molar-refractivity contribution in [1.82, 2.24) is 15.2 Å². The number of nitrogens with one attached hydrogen (secondary N) is 1. The summed E-state index contributed by atoms with van der Waals surface area (Å²) in [6.45, 7) is 5.43. The van der Waals surface area contributed by atoms with Crippen molar-refractivity contribution >= 4 is 11.9 Å². The van der Waals surface area contributed by atoms with Gasteiger partial charge in [0, 0.05) is 13.1 Å². The van der Waals surface area contributed by atoms with Crippen LogP contribution in [0.3, 0.4) is 0 Å². The minimum Gasteiger partial charge on any atom is -0.475 e. The van der Waals surface area contributed by atoms with Crippen molar-refractivity contribution in [3.05, 3.63) is 5.82 Å². The van der Waals surface area contributed by atoms with Gasteiger partial charge in [-0.15, -0.1) is 5.10 Å². The van der Waals surface area contributed by atoms with Crippen LogP contribution in [0.1, 0.15) is 24.5 Å². The summed E-state index contributed by atoms with van der Waals surface area (Å²) >= 11 is 0. The van der Waals surface area contributed by atoms with Gasteiger partial charge in [0.25, 0.3) is 0 Å². The van der Waals surface area contributed by atoms with E-state index in [9.17, 15) is 4.79 Å². The van der Waals surface area contributed by atoms with Crippen LogP contribution in [0.5, 0.6) is 0 Å². The van der Waals surface area contributed by atoms with Crippen LogP contribution in [0, 0.1) is 0 Å². The summed E-state index contributed by atoms with van der Waals surface area (Å²) < 4.78 is 0. The van der Waals surface area contributed by atoms with E-state index >= 15 is 0 Å². The van der Waals surface area contributed by atoms with E-state index in [4.69, 9.17) is 5.11 Å². The van der Waals surface area contributed by atoms with Crippen LogP contribution in [-0.4, -0.2) is 39.3 Å². The molecule has 1 heterocycles. The van der Waals surface area contributed by atoms with Crippen LogP contribution >= 0.6 is 0 Å². The smallest absolute Gasteiger partial charge is 0.373 e. The molecule has 0 unspecified atom stereocenters. The third-order valence-corrected chi connectivity index (χ3v) is 1.72. The maximum atomic E-state index is 10.5. The average Bonchev–Trinajstić information content (AvgIpc) is 2.56.